The lowest BCUT2D eigenvalue weighted by Gasteiger charge is -2.19. The van der Waals surface area contributed by atoms with Gasteiger partial charge in [-0.3, -0.25) is 29.1 Å². The van der Waals surface area contributed by atoms with E-state index in [4.69, 9.17) is 4.74 Å². The highest BCUT2D eigenvalue weighted by Crippen LogP contribution is 2.34. The Hall–Kier alpha value is -5.20. The van der Waals surface area contributed by atoms with Gasteiger partial charge < -0.3 is 20.5 Å². The number of aliphatic hydroxyl groups is 1. The minimum Gasteiger partial charge on any atom is -0.505 e. The predicted octanol–water partition coefficient (Wildman–Crippen LogP) is 5.08. The number of rotatable bonds is 14. The van der Waals surface area contributed by atoms with Gasteiger partial charge in [-0.25, -0.2) is 4.39 Å². The monoisotopic (exact) mass is 700 g/mol. The van der Waals surface area contributed by atoms with Crippen LogP contribution in [0.25, 0.3) is 5.76 Å². The summed E-state index contributed by atoms with van der Waals surface area (Å²) >= 11 is 3.56. The fraction of sp³-hybridized carbons (Fsp3) is 0.171. The average Bonchev–Trinajstić information content (AvgIpc) is 3.32. The van der Waals surface area contributed by atoms with Crippen LogP contribution in [-0.4, -0.2) is 65.2 Å². The number of nitrogens with zero attached hydrogens (tertiary/aromatic N) is 2. The zero-order valence-corrected chi connectivity index (χ0v) is 26.6. The second-order valence-electron chi connectivity index (χ2n) is 10.5. The van der Waals surface area contributed by atoms with E-state index in [1.165, 1.54) is 18.3 Å². The van der Waals surface area contributed by atoms with Gasteiger partial charge in [0.05, 0.1) is 30.0 Å². The number of halogens is 2. The van der Waals surface area contributed by atoms with Crippen LogP contribution in [0.5, 0.6) is 0 Å². The van der Waals surface area contributed by atoms with Crippen molar-refractivity contribution < 1.29 is 33.4 Å². The Morgan fingerprint density at radius 1 is 0.936 bits per heavy atom. The number of aldehydes is 1. The minimum absolute atomic E-state index is 0.0190. The van der Waals surface area contributed by atoms with E-state index < -0.39 is 29.1 Å². The molecule has 5 rings (SSSR count). The highest BCUT2D eigenvalue weighted by atomic mass is 79.9. The number of amides is 3. The first-order valence-electron chi connectivity index (χ1n) is 14.7. The molecule has 3 N–H and O–H groups in total. The third kappa shape index (κ3) is 7.79. The molecule has 0 spiro atoms. The summed E-state index contributed by atoms with van der Waals surface area (Å²) in [6.45, 7) is 0.619. The lowest BCUT2D eigenvalue weighted by molar-refractivity contribution is -0.119. The van der Waals surface area contributed by atoms with Crippen LogP contribution in [0.3, 0.4) is 0 Å². The number of aromatic nitrogens is 1. The molecule has 0 atom stereocenters. The van der Waals surface area contributed by atoms with Gasteiger partial charge in [-0.1, -0.05) is 54.6 Å². The Bertz CT molecular complexity index is 1800. The van der Waals surface area contributed by atoms with Crippen molar-refractivity contribution >= 4 is 51.4 Å². The van der Waals surface area contributed by atoms with Crippen molar-refractivity contribution in [1.82, 2.24) is 15.2 Å². The van der Waals surface area contributed by atoms with Crippen LogP contribution in [0.1, 0.15) is 43.1 Å². The van der Waals surface area contributed by atoms with E-state index in [0.717, 1.165) is 16.0 Å². The fourth-order valence-electron chi connectivity index (χ4n) is 4.99. The lowest BCUT2D eigenvalue weighted by atomic mass is 10.0. The van der Waals surface area contributed by atoms with Gasteiger partial charge in [-0.15, -0.1) is 0 Å². The Balaban J connectivity index is 1.34. The number of aliphatic hydroxyl groups excluding tert-OH is 1. The topological polar surface area (TPSA) is 138 Å². The number of nitrogens with one attached hydrogen (secondary N) is 2. The molecule has 1 aliphatic heterocycles. The van der Waals surface area contributed by atoms with Gasteiger partial charge in [0.2, 0.25) is 0 Å². The Kier molecular flexibility index (Phi) is 10.9. The number of fused-ring (bicyclic) bond motifs is 1. The number of imide groups is 1. The molecule has 0 aliphatic carbocycles. The van der Waals surface area contributed by atoms with Gasteiger partial charge in [0.25, 0.3) is 17.7 Å². The van der Waals surface area contributed by atoms with E-state index in [1.807, 2.05) is 30.3 Å². The molecule has 1 aliphatic rings. The van der Waals surface area contributed by atoms with Gasteiger partial charge in [0.1, 0.15) is 17.1 Å². The summed E-state index contributed by atoms with van der Waals surface area (Å²) in [6.07, 6.45) is 2.03. The molecule has 240 valence electrons. The predicted molar refractivity (Wildman–Crippen MR) is 176 cm³/mol. The molecule has 0 bridgehead atoms. The maximum Gasteiger partial charge on any atom is 0.261 e. The summed E-state index contributed by atoms with van der Waals surface area (Å²) < 4.78 is 19.5. The lowest BCUT2D eigenvalue weighted by Crippen LogP contribution is -2.34. The van der Waals surface area contributed by atoms with Crippen molar-refractivity contribution in [1.29, 1.82) is 0 Å². The Morgan fingerprint density at radius 2 is 1.60 bits per heavy atom. The molecule has 0 radical (unpaired) electrons. The van der Waals surface area contributed by atoms with Crippen LogP contribution in [-0.2, 0) is 27.4 Å². The summed E-state index contributed by atoms with van der Waals surface area (Å²) in [6, 6.07) is 22.0. The van der Waals surface area contributed by atoms with Crippen molar-refractivity contribution in [3.63, 3.8) is 0 Å². The van der Waals surface area contributed by atoms with E-state index in [2.05, 4.69) is 31.5 Å². The molecule has 2 heterocycles. The van der Waals surface area contributed by atoms with Crippen molar-refractivity contribution in [2.24, 2.45) is 0 Å². The van der Waals surface area contributed by atoms with Gasteiger partial charge in [0.15, 0.2) is 12.0 Å². The van der Waals surface area contributed by atoms with Gasteiger partial charge in [-0.2, -0.15) is 0 Å². The average molecular weight is 702 g/mol. The minimum atomic E-state index is -0.828. The van der Waals surface area contributed by atoms with Crippen LogP contribution in [0.15, 0.2) is 95.1 Å². The van der Waals surface area contributed by atoms with Crippen LogP contribution < -0.4 is 10.6 Å². The van der Waals surface area contributed by atoms with E-state index in [-0.39, 0.29) is 49.7 Å². The number of carbonyl (C=O) groups excluding carboxylic acids is 4. The van der Waals surface area contributed by atoms with Gasteiger partial charge >= 0.3 is 0 Å². The standard InChI is InChI=1S/C35H30BrFN4O6/c36-29-24(18-22-10-12-25(37)13-11-22)19-40-31(30(29)38-14-16-41-34(45)26-8-4-5-9-27(26)35(41)46)32(43)28(20-42)33(44)39-15-17-47-21-23-6-2-1-3-7-23/h1-13,19-20,38,43H,14-18,21H2,(H,39,44)/b32-28-. The van der Waals surface area contributed by atoms with E-state index >= 15 is 0 Å². The summed E-state index contributed by atoms with van der Waals surface area (Å²) in [5, 5.41) is 16.9. The zero-order chi connectivity index (χ0) is 33.3. The van der Waals surface area contributed by atoms with Crippen LogP contribution >= 0.6 is 15.9 Å². The Labute approximate surface area is 278 Å². The first kappa shape index (κ1) is 33.2. The number of carbonyl (C=O) groups is 4. The van der Waals surface area contributed by atoms with Crippen molar-refractivity contribution in [2.75, 3.05) is 31.6 Å². The van der Waals surface area contributed by atoms with E-state index in [1.54, 1.807) is 36.4 Å². The molecular formula is C35H30BrFN4O6. The second kappa shape index (κ2) is 15.4. The second-order valence-corrected chi connectivity index (χ2v) is 11.3. The van der Waals surface area contributed by atoms with Crippen LogP contribution in [0.2, 0.25) is 0 Å². The number of hydrogen-bond donors (Lipinski definition) is 3. The van der Waals surface area contributed by atoms with E-state index in [0.29, 0.717) is 34.2 Å². The molecule has 12 heteroatoms. The number of hydrogen-bond acceptors (Lipinski definition) is 8. The number of ether oxygens (including phenoxy) is 1. The van der Waals surface area contributed by atoms with Crippen LogP contribution in [0, 0.1) is 5.82 Å². The highest BCUT2D eigenvalue weighted by molar-refractivity contribution is 9.10. The summed E-state index contributed by atoms with van der Waals surface area (Å²) in [5.41, 5.74) is 2.57. The fourth-order valence-corrected chi connectivity index (χ4v) is 5.56. The smallest absolute Gasteiger partial charge is 0.261 e. The molecule has 47 heavy (non-hydrogen) atoms. The van der Waals surface area contributed by atoms with Gasteiger partial charge in [-0.05, 0) is 56.9 Å². The molecule has 3 amide bonds. The molecule has 4 aromatic rings. The number of benzene rings is 3. The summed E-state index contributed by atoms with van der Waals surface area (Å²) in [4.78, 5) is 56.2. The summed E-state index contributed by atoms with van der Waals surface area (Å²) in [5.74, 6) is -2.74. The van der Waals surface area contributed by atoms with Crippen molar-refractivity contribution in [3.05, 3.63) is 134 Å². The van der Waals surface area contributed by atoms with Gasteiger partial charge in [0, 0.05) is 36.7 Å². The normalized spacial score (nSPS) is 12.9. The molecule has 10 nitrogen and oxygen atoms in total. The van der Waals surface area contributed by atoms with Crippen LogP contribution in [0.4, 0.5) is 10.1 Å². The first-order chi connectivity index (χ1) is 22.8. The molecule has 3 aromatic carbocycles. The van der Waals surface area contributed by atoms with Crippen molar-refractivity contribution in [3.8, 4) is 0 Å². The zero-order valence-electron chi connectivity index (χ0n) is 25.0. The SMILES string of the molecule is O=C/C(C(=O)NCCOCc1ccccc1)=C(/O)c1ncc(Cc2ccc(F)cc2)c(Br)c1NCCN1C(=O)c2ccccc2C1=O. The molecular weight excluding hydrogens is 671 g/mol. The molecule has 1 aromatic heterocycles. The molecule has 0 fully saturated rings. The summed E-state index contributed by atoms with van der Waals surface area (Å²) in [7, 11) is 0. The first-order valence-corrected chi connectivity index (χ1v) is 15.5. The molecule has 0 unspecified atom stereocenters. The Morgan fingerprint density at radius 3 is 2.26 bits per heavy atom. The maximum atomic E-state index is 13.5. The number of pyridine rings is 1. The highest BCUT2D eigenvalue weighted by Gasteiger charge is 2.34. The molecule has 0 saturated heterocycles. The quantitative estimate of drug-likeness (QED) is 0.0315. The van der Waals surface area contributed by atoms with E-state index in [9.17, 15) is 28.7 Å². The third-order valence-electron chi connectivity index (χ3n) is 7.40. The molecule has 0 saturated carbocycles. The maximum absolute atomic E-state index is 13.5. The largest absolute Gasteiger partial charge is 0.505 e. The van der Waals surface area contributed by atoms with Crippen molar-refractivity contribution in [2.45, 2.75) is 13.0 Å². The number of anilines is 1. The third-order valence-corrected chi connectivity index (χ3v) is 8.30.